The summed E-state index contributed by atoms with van der Waals surface area (Å²) in [5, 5.41) is 0. The van der Waals surface area contributed by atoms with Crippen molar-refractivity contribution in [3.63, 3.8) is 0 Å². The third-order valence-electron chi connectivity index (χ3n) is 3.27. The minimum atomic E-state index is 0.713. The van der Waals surface area contributed by atoms with E-state index in [2.05, 4.69) is 36.1 Å². The molecule has 0 fully saturated rings. The lowest BCUT2D eigenvalue weighted by molar-refractivity contribution is 0.486. The van der Waals surface area contributed by atoms with Gasteiger partial charge in [-0.05, 0) is 18.9 Å². The number of pyridine rings is 1. The maximum atomic E-state index is 5.38. The van der Waals surface area contributed by atoms with Crippen LogP contribution in [0.2, 0.25) is 0 Å². The predicted octanol–water partition coefficient (Wildman–Crippen LogP) is 2.63. The fourth-order valence-electron chi connectivity index (χ4n) is 1.97. The Hall–Kier alpha value is -1.29. The van der Waals surface area contributed by atoms with E-state index in [1.807, 2.05) is 12.1 Å². The Labute approximate surface area is 104 Å². The molecule has 1 heterocycles. The first kappa shape index (κ1) is 13.8. The van der Waals surface area contributed by atoms with Gasteiger partial charge in [0.2, 0.25) is 0 Å². The molecule has 0 spiro atoms. The van der Waals surface area contributed by atoms with E-state index in [1.54, 1.807) is 6.20 Å². The van der Waals surface area contributed by atoms with Crippen molar-refractivity contribution in [3.8, 4) is 0 Å². The summed E-state index contributed by atoms with van der Waals surface area (Å²) in [5.74, 6) is 6.84. The van der Waals surface area contributed by atoms with E-state index in [9.17, 15) is 0 Å². The monoisotopic (exact) mass is 236 g/mol. The van der Waals surface area contributed by atoms with Gasteiger partial charge >= 0.3 is 0 Å². The molecule has 0 aromatic carbocycles. The van der Waals surface area contributed by atoms with Crippen molar-refractivity contribution in [2.45, 2.75) is 33.6 Å². The highest BCUT2D eigenvalue weighted by Crippen LogP contribution is 2.19. The van der Waals surface area contributed by atoms with Gasteiger partial charge in [0.15, 0.2) is 0 Å². The van der Waals surface area contributed by atoms with Gasteiger partial charge in [-0.1, -0.05) is 26.7 Å². The molecule has 1 rings (SSSR count). The molecule has 0 aliphatic rings. The smallest absolute Gasteiger partial charge is 0.141 e. The first-order valence-corrected chi connectivity index (χ1v) is 6.42. The second-order valence-electron chi connectivity index (χ2n) is 4.26. The minimum Gasteiger partial charge on any atom is -0.371 e. The van der Waals surface area contributed by atoms with Crippen LogP contribution in [0.5, 0.6) is 0 Å². The SMILES string of the molecule is CCC(CC)CN(CC)c1ccnc(NN)c1. The Morgan fingerprint density at radius 1 is 1.35 bits per heavy atom. The number of aromatic nitrogens is 1. The molecule has 0 saturated heterocycles. The van der Waals surface area contributed by atoms with Gasteiger partial charge in [-0.3, -0.25) is 0 Å². The van der Waals surface area contributed by atoms with Crippen molar-refractivity contribution >= 4 is 11.5 Å². The van der Waals surface area contributed by atoms with E-state index < -0.39 is 0 Å². The highest BCUT2D eigenvalue weighted by Gasteiger charge is 2.11. The lowest BCUT2D eigenvalue weighted by Crippen LogP contribution is -2.29. The summed E-state index contributed by atoms with van der Waals surface area (Å²) in [6.45, 7) is 8.78. The van der Waals surface area contributed by atoms with Crippen LogP contribution in [-0.4, -0.2) is 18.1 Å². The molecule has 96 valence electrons. The van der Waals surface area contributed by atoms with Gasteiger partial charge in [0.1, 0.15) is 5.82 Å². The second kappa shape index (κ2) is 7.12. The topological polar surface area (TPSA) is 54.2 Å². The van der Waals surface area contributed by atoms with Crippen LogP contribution in [0.3, 0.4) is 0 Å². The second-order valence-corrected chi connectivity index (χ2v) is 4.26. The summed E-state index contributed by atoms with van der Waals surface area (Å²) in [5.41, 5.74) is 3.77. The summed E-state index contributed by atoms with van der Waals surface area (Å²) in [6, 6.07) is 4.03. The fourth-order valence-corrected chi connectivity index (χ4v) is 1.97. The Kier molecular flexibility index (Phi) is 5.77. The predicted molar refractivity (Wildman–Crippen MR) is 74.0 cm³/mol. The van der Waals surface area contributed by atoms with Gasteiger partial charge in [-0.25, -0.2) is 10.8 Å². The van der Waals surface area contributed by atoms with E-state index in [0.29, 0.717) is 5.82 Å². The molecule has 0 aliphatic heterocycles. The molecule has 4 nitrogen and oxygen atoms in total. The summed E-state index contributed by atoms with van der Waals surface area (Å²) in [4.78, 5) is 6.51. The normalized spacial score (nSPS) is 10.6. The molecular weight excluding hydrogens is 212 g/mol. The largest absolute Gasteiger partial charge is 0.371 e. The molecule has 17 heavy (non-hydrogen) atoms. The van der Waals surface area contributed by atoms with Crippen LogP contribution < -0.4 is 16.2 Å². The molecule has 1 aromatic heterocycles. The van der Waals surface area contributed by atoms with Gasteiger partial charge in [-0.2, -0.15) is 0 Å². The average Bonchev–Trinajstić information content (AvgIpc) is 2.40. The first-order valence-electron chi connectivity index (χ1n) is 6.42. The Morgan fingerprint density at radius 2 is 2.06 bits per heavy atom. The lowest BCUT2D eigenvalue weighted by Gasteiger charge is -2.27. The highest BCUT2D eigenvalue weighted by atomic mass is 15.2. The summed E-state index contributed by atoms with van der Waals surface area (Å²) >= 11 is 0. The molecule has 0 unspecified atom stereocenters. The maximum absolute atomic E-state index is 5.38. The van der Waals surface area contributed by atoms with Gasteiger partial charge in [0.05, 0.1) is 0 Å². The lowest BCUT2D eigenvalue weighted by atomic mass is 10.0. The Balaban J connectivity index is 2.77. The minimum absolute atomic E-state index is 0.713. The Morgan fingerprint density at radius 3 is 2.59 bits per heavy atom. The van der Waals surface area contributed by atoms with E-state index >= 15 is 0 Å². The molecule has 0 atom stereocenters. The number of hydrogen-bond acceptors (Lipinski definition) is 4. The van der Waals surface area contributed by atoms with E-state index in [1.165, 1.54) is 18.5 Å². The molecule has 1 aromatic rings. The van der Waals surface area contributed by atoms with E-state index in [0.717, 1.165) is 19.0 Å². The fraction of sp³-hybridized carbons (Fsp3) is 0.615. The van der Waals surface area contributed by atoms with Gasteiger partial charge in [-0.15, -0.1) is 0 Å². The van der Waals surface area contributed by atoms with Crippen molar-refractivity contribution in [1.29, 1.82) is 0 Å². The number of nitrogen functional groups attached to an aromatic ring is 1. The van der Waals surface area contributed by atoms with Crippen LogP contribution in [-0.2, 0) is 0 Å². The molecule has 0 bridgehead atoms. The number of hydrazine groups is 1. The molecule has 3 N–H and O–H groups in total. The van der Waals surface area contributed by atoms with Crippen LogP contribution in [0.15, 0.2) is 18.3 Å². The number of nitrogens with one attached hydrogen (secondary N) is 1. The average molecular weight is 236 g/mol. The first-order chi connectivity index (χ1) is 8.24. The zero-order valence-corrected chi connectivity index (χ0v) is 11.1. The summed E-state index contributed by atoms with van der Waals surface area (Å²) in [7, 11) is 0. The van der Waals surface area contributed by atoms with Gasteiger partial charge in [0, 0.05) is 31.0 Å². The van der Waals surface area contributed by atoms with Crippen LogP contribution >= 0.6 is 0 Å². The number of hydrogen-bond donors (Lipinski definition) is 2. The molecule has 0 radical (unpaired) electrons. The zero-order chi connectivity index (χ0) is 12.7. The number of anilines is 2. The quantitative estimate of drug-likeness (QED) is 0.564. The third-order valence-corrected chi connectivity index (χ3v) is 3.27. The Bertz CT molecular complexity index is 323. The number of nitrogens with zero attached hydrogens (tertiary/aromatic N) is 2. The molecule has 0 aliphatic carbocycles. The van der Waals surface area contributed by atoms with Crippen LogP contribution in [0.4, 0.5) is 11.5 Å². The molecule has 4 heteroatoms. The molecule has 0 saturated carbocycles. The molecular formula is C13H24N4. The van der Waals surface area contributed by atoms with Crippen molar-refractivity contribution in [2.75, 3.05) is 23.4 Å². The standard InChI is InChI=1S/C13H24N4/c1-4-11(5-2)10-17(6-3)12-7-8-15-13(9-12)16-14/h7-9,11H,4-6,10,14H2,1-3H3,(H,15,16). The molecule has 0 amide bonds. The summed E-state index contributed by atoms with van der Waals surface area (Å²) in [6.07, 6.45) is 4.24. The number of rotatable bonds is 7. The van der Waals surface area contributed by atoms with E-state index in [-0.39, 0.29) is 0 Å². The van der Waals surface area contributed by atoms with Gasteiger partial charge < -0.3 is 10.3 Å². The van der Waals surface area contributed by atoms with Crippen LogP contribution in [0.1, 0.15) is 33.6 Å². The van der Waals surface area contributed by atoms with Crippen LogP contribution in [0, 0.1) is 5.92 Å². The van der Waals surface area contributed by atoms with Gasteiger partial charge in [0.25, 0.3) is 0 Å². The maximum Gasteiger partial charge on any atom is 0.141 e. The summed E-state index contributed by atoms with van der Waals surface area (Å²) < 4.78 is 0. The van der Waals surface area contributed by atoms with Crippen LogP contribution in [0.25, 0.3) is 0 Å². The van der Waals surface area contributed by atoms with Crippen molar-refractivity contribution < 1.29 is 0 Å². The zero-order valence-electron chi connectivity index (χ0n) is 11.1. The van der Waals surface area contributed by atoms with Crippen molar-refractivity contribution in [2.24, 2.45) is 11.8 Å². The van der Waals surface area contributed by atoms with Crippen molar-refractivity contribution in [3.05, 3.63) is 18.3 Å². The van der Waals surface area contributed by atoms with E-state index in [4.69, 9.17) is 5.84 Å². The third kappa shape index (κ3) is 3.89. The highest BCUT2D eigenvalue weighted by molar-refractivity contribution is 5.53. The number of nitrogens with two attached hydrogens (primary N) is 1. The van der Waals surface area contributed by atoms with Crippen molar-refractivity contribution in [1.82, 2.24) is 4.98 Å².